The Bertz CT molecular complexity index is 1240. The molecule has 1 aromatic heterocycles. The summed E-state index contributed by atoms with van der Waals surface area (Å²) in [5.74, 6) is -0.368. The average molecular weight is 488 g/mol. The third-order valence-corrected chi connectivity index (χ3v) is 6.60. The van der Waals surface area contributed by atoms with Crippen molar-refractivity contribution in [2.45, 2.75) is 23.6 Å². The number of thioether (sulfide) groups is 1. The van der Waals surface area contributed by atoms with Gasteiger partial charge in [0, 0.05) is 39.0 Å². The quantitative estimate of drug-likeness (QED) is 0.273. The predicted octanol–water partition coefficient (Wildman–Crippen LogP) is 5.90. The van der Waals surface area contributed by atoms with Gasteiger partial charge in [-0.15, -0.1) is 12.4 Å². The van der Waals surface area contributed by atoms with Crippen LogP contribution in [-0.4, -0.2) is 20.6 Å². The SMILES string of the molecule is Cc1cc(C=C2SC(=O)NC2=O)c(C)n1-c1ccc(Sc2ccc([N+](=O)[O-])cc2)cc1.Cl. The number of hydrogen-bond donors (Lipinski definition) is 1. The second-order valence-electron chi connectivity index (χ2n) is 6.86. The Labute approximate surface area is 198 Å². The maximum atomic E-state index is 11.8. The first kappa shape index (κ1) is 23.6. The van der Waals surface area contributed by atoms with Gasteiger partial charge in [0.05, 0.1) is 9.83 Å². The lowest BCUT2D eigenvalue weighted by Crippen LogP contribution is -2.17. The topological polar surface area (TPSA) is 94.2 Å². The molecule has 10 heteroatoms. The van der Waals surface area contributed by atoms with Gasteiger partial charge in [-0.25, -0.2) is 0 Å². The van der Waals surface area contributed by atoms with Crippen molar-refractivity contribution in [3.05, 3.63) is 86.6 Å². The molecule has 2 heterocycles. The van der Waals surface area contributed by atoms with E-state index >= 15 is 0 Å². The van der Waals surface area contributed by atoms with E-state index in [2.05, 4.69) is 9.88 Å². The van der Waals surface area contributed by atoms with E-state index in [1.807, 2.05) is 44.2 Å². The zero-order valence-corrected chi connectivity index (χ0v) is 19.5. The number of nitro groups is 1. The second-order valence-corrected chi connectivity index (χ2v) is 9.02. The first-order valence-corrected chi connectivity index (χ1v) is 10.9. The van der Waals surface area contributed by atoms with Crippen LogP contribution in [0.1, 0.15) is 17.0 Å². The van der Waals surface area contributed by atoms with Crippen LogP contribution in [0.2, 0.25) is 0 Å². The number of carbonyl (C=O) groups is 2. The molecular weight excluding hydrogens is 470 g/mol. The Morgan fingerprint density at radius 2 is 1.62 bits per heavy atom. The number of non-ortho nitro benzene ring substituents is 1. The second kappa shape index (κ2) is 9.64. The molecule has 0 aliphatic carbocycles. The lowest BCUT2D eigenvalue weighted by atomic mass is 10.2. The molecule has 0 unspecified atom stereocenters. The molecular formula is C22H18ClN3O4S2. The largest absolute Gasteiger partial charge is 0.318 e. The van der Waals surface area contributed by atoms with E-state index in [-0.39, 0.29) is 29.2 Å². The number of amides is 2. The van der Waals surface area contributed by atoms with Gasteiger partial charge >= 0.3 is 0 Å². The lowest BCUT2D eigenvalue weighted by molar-refractivity contribution is -0.384. The first-order valence-electron chi connectivity index (χ1n) is 9.28. The summed E-state index contributed by atoms with van der Waals surface area (Å²) in [7, 11) is 0. The monoisotopic (exact) mass is 487 g/mol. The highest BCUT2D eigenvalue weighted by atomic mass is 35.5. The van der Waals surface area contributed by atoms with Crippen LogP contribution in [0.4, 0.5) is 10.5 Å². The number of halogens is 1. The fourth-order valence-electron chi connectivity index (χ4n) is 3.33. The fraction of sp³-hybridized carbons (Fsp3) is 0.0909. The van der Waals surface area contributed by atoms with E-state index in [1.54, 1.807) is 18.2 Å². The summed E-state index contributed by atoms with van der Waals surface area (Å²) in [6.45, 7) is 3.96. The number of imide groups is 1. The van der Waals surface area contributed by atoms with Crippen molar-refractivity contribution in [3.8, 4) is 5.69 Å². The summed E-state index contributed by atoms with van der Waals surface area (Å²) in [4.78, 5) is 35.9. The molecule has 1 N–H and O–H groups in total. The van der Waals surface area contributed by atoms with Crippen molar-refractivity contribution in [1.82, 2.24) is 9.88 Å². The van der Waals surface area contributed by atoms with Crippen molar-refractivity contribution in [2.24, 2.45) is 0 Å². The molecule has 1 aliphatic heterocycles. The summed E-state index contributed by atoms with van der Waals surface area (Å²) in [6.07, 6.45) is 1.74. The summed E-state index contributed by atoms with van der Waals surface area (Å²) in [5, 5.41) is 12.7. The molecule has 0 bridgehead atoms. The van der Waals surface area contributed by atoms with E-state index in [0.29, 0.717) is 4.91 Å². The molecule has 0 atom stereocenters. The third kappa shape index (κ3) is 4.90. The predicted molar refractivity (Wildman–Crippen MR) is 129 cm³/mol. The molecule has 0 spiro atoms. The van der Waals surface area contributed by atoms with Gasteiger partial charge < -0.3 is 4.57 Å². The molecule has 2 amide bonds. The minimum absolute atomic E-state index is 0. The molecule has 0 saturated carbocycles. The molecule has 3 aromatic rings. The smallest absolute Gasteiger partial charge is 0.290 e. The van der Waals surface area contributed by atoms with E-state index < -0.39 is 4.92 Å². The van der Waals surface area contributed by atoms with Crippen LogP contribution in [0.5, 0.6) is 0 Å². The van der Waals surface area contributed by atoms with Gasteiger partial charge in [0.25, 0.3) is 16.8 Å². The Balaban J connectivity index is 0.00000289. The average Bonchev–Trinajstić information content (AvgIpc) is 3.20. The molecule has 0 radical (unpaired) electrons. The highest BCUT2D eigenvalue weighted by Gasteiger charge is 2.25. The maximum absolute atomic E-state index is 11.8. The van der Waals surface area contributed by atoms with Crippen molar-refractivity contribution < 1.29 is 14.5 Å². The van der Waals surface area contributed by atoms with Crippen molar-refractivity contribution in [1.29, 1.82) is 0 Å². The van der Waals surface area contributed by atoms with Gasteiger partial charge in [-0.3, -0.25) is 25.0 Å². The molecule has 164 valence electrons. The first-order chi connectivity index (χ1) is 14.8. The Morgan fingerprint density at radius 3 is 2.16 bits per heavy atom. The molecule has 4 rings (SSSR count). The van der Waals surface area contributed by atoms with Gasteiger partial charge in [-0.05, 0) is 79.7 Å². The summed E-state index contributed by atoms with van der Waals surface area (Å²) in [5.41, 5.74) is 3.91. The van der Waals surface area contributed by atoms with Gasteiger partial charge in [-0.1, -0.05) is 11.8 Å². The van der Waals surface area contributed by atoms with Crippen LogP contribution >= 0.6 is 35.9 Å². The van der Waals surface area contributed by atoms with Crippen LogP contribution in [0.25, 0.3) is 11.8 Å². The summed E-state index contributed by atoms with van der Waals surface area (Å²) >= 11 is 2.43. The zero-order valence-electron chi connectivity index (χ0n) is 17.0. The molecule has 1 saturated heterocycles. The van der Waals surface area contributed by atoms with Crippen LogP contribution < -0.4 is 5.32 Å². The molecule has 7 nitrogen and oxygen atoms in total. The summed E-state index contributed by atoms with van der Waals surface area (Å²) in [6, 6.07) is 16.5. The molecule has 1 fully saturated rings. The minimum atomic E-state index is -0.412. The third-order valence-electron chi connectivity index (χ3n) is 4.78. The lowest BCUT2D eigenvalue weighted by Gasteiger charge is -2.11. The van der Waals surface area contributed by atoms with Gasteiger partial charge in [0.2, 0.25) is 0 Å². The number of carbonyl (C=O) groups excluding carboxylic acids is 2. The number of nitrogens with one attached hydrogen (secondary N) is 1. The number of benzene rings is 2. The van der Waals surface area contributed by atoms with E-state index in [0.717, 1.165) is 44.2 Å². The Kier molecular flexibility index (Phi) is 7.12. The van der Waals surface area contributed by atoms with Gasteiger partial charge in [0.1, 0.15) is 0 Å². The van der Waals surface area contributed by atoms with E-state index in [9.17, 15) is 19.7 Å². The normalized spacial score (nSPS) is 14.4. The van der Waals surface area contributed by atoms with Crippen molar-refractivity contribution >= 4 is 58.8 Å². The fourth-order valence-corrected chi connectivity index (χ4v) is 4.82. The number of hydrogen-bond acceptors (Lipinski definition) is 6. The van der Waals surface area contributed by atoms with Crippen LogP contribution in [-0.2, 0) is 4.79 Å². The van der Waals surface area contributed by atoms with E-state index in [1.165, 1.54) is 23.9 Å². The van der Waals surface area contributed by atoms with Crippen molar-refractivity contribution in [3.63, 3.8) is 0 Å². The van der Waals surface area contributed by atoms with Gasteiger partial charge in [0.15, 0.2) is 0 Å². The Morgan fingerprint density at radius 1 is 1.03 bits per heavy atom. The number of rotatable bonds is 5. The van der Waals surface area contributed by atoms with Gasteiger partial charge in [-0.2, -0.15) is 0 Å². The highest BCUT2D eigenvalue weighted by molar-refractivity contribution is 8.18. The maximum Gasteiger partial charge on any atom is 0.290 e. The zero-order chi connectivity index (χ0) is 22.1. The number of aryl methyl sites for hydroxylation is 1. The van der Waals surface area contributed by atoms with Crippen molar-refractivity contribution in [2.75, 3.05) is 0 Å². The molecule has 1 aliphatic rings. The van der Waals surface area contributed by atoms with Crippen LogP contribution in [0.3, 0.4) is 0 Å². The van der Waals surface area contributed by atoms with Crippen LogP contribution in [0, 0.1) is 24.0 Å². The standard InChI is InChI=1S/C22H17N3O4S2.ClH/c1-13-11-15(12-20-21(26)23-22(27)31-20)14(2)24(13)16-3-7-18(8-4-16)30-19-9-5-17(6-10-19)25(28)29;/h3-12H,1-2H3,(H,23,26,27);1H. The molecule has 32 heavy (non-hydrogen) atoms. The number of nitrogens with zero attached hydrogens (tertiary/aromatic N) is 2. The summed E-state index contributed by atoms with van der Waals surface area (Å²) < 4.78 is 2.09. The molecule has 2 aromatic carbocycles. The number of nitro benzene ring substituents is 1. The highest BCUT2D eigenvalue weighted by Crippen LogP contribution is 2.32. The van der Waals surface area contributed by atoms with Crippen LogP contribution in [0.15, 0.2) is 69.3 Å². The Hall–Kier alpha value is -3.01. The van der Waals surface area contributed by atoms with E-state index in [4.69, 9.17) is 0 Å². The number of aromatic nitrogens is 1. The minimum Gasteiger partial charge on any atom is -0.318 e.